The van der Waals surface area contributed by atoms with Gasteiger partial charge in [0.15, 0.2) is 0 Å². The summed E-state index contributed by atoms with van der Waals surface area (Å²) in [6.07, 6.45) is 2.22. The van der Waals surface area contributed by atoms with Gasteiger partial charge in [-0.05, 0) is 11.8 Å². The molecule has 84 valence electrons. The Hall–Kier alpha value is -0.570. The van der Waals surface area contributed by atoms with Gasteiger partial charge in [-0.2, -0.15) is 0 Å². The Labute approximate surface area is 86.1 Å². The number of unbranched alkanes of at least 4 members (excludes halogenated alkanes) is 1. The van der Waals surface area contributed by atoms with Gasteiger partial charge in [-0.1, -0.05) is 40.5 Å². The van der Waals surface area contributed by atoms with Crippen LogP contribution < -0.4 is 0 Å². The van der Waals surface area contributed by atoms with E-state index in [1.807, 2.05) is 27.7 Å². The maximum Gasteiger partial charge on any atom is 0.306 e. The topological polar surface area (TPSA) is 57.5 Å². The fraction of sp³-hybridized carbons (Fsp3) is 0.909. The molecule has 0 heterocycles. The molecule has 0 fully saturated rings. The maximum atomic E-state index is 10.7. The smallest absolute Gasteiger partial charge is 0.306 e. The van der Waals surface area contributed by atoms with E-state index in [2.05, 4.69) is 0 Å². The van der Waals surface area contributed by atoms with E-state index < -0.39 is 11.6 Å². The molecule has 0 aromatic rings. The highest BCUT2D eigenvalue weighted by Gasteiger charge is 2.41. The molecule has 0 rings (SSSR count). The predicted octanol–water partition coefficient (Wildman–Crippen LogP) is 2.43. The van der Waals surface area contributed by atoms with Gasteiger partial charge in [0.1, 0.15) is 0 Å². The predicted molar refractivity (Wildman–Crippen MR) is 56.2 cm³/mol. The van der Waals surface area contributed by atoms with E-state index >= 15 is 0 Å². The molecule has 0 saturated heterocycles. The minimum absolute atomic E-state index is 0.170. The highest BCUT2D eigenvalue weighted by molar-refractivity contribution is 5.68. The molecule has 1 atom stereocenters. The van der Waals surface area contributed by atoms with E-state index in [4.69, 9.17) is 5.11 Å². The first kappa shape index (κ1) is 13.4. The summed E-state index contributed by atoms with van der Waals surface area (Å²) in [4.78, 5) is 10.7. The van der Waals surface area contributed by atoms with Crippen molar-refractivity contribution in [1.29, 1.82) is 0 Å². The number of rotatable bonds is 5. The van der Waals surface area contributed by atoms with Crippen LogP contribution in [0.2, 0.25) is 0 Å². The Morgan fingerprint density at radius 1 is 1.29 bits per heavy atom. The molecule has 0 radical (unpaired) electrons. The van der Waals surface area contributed by atoms with Crippen LogP contribution in [0.25, 0.3) is 0 Å². The molecule has 0 aromatic heterocycles. The summed E-state index contributed by atoms with van der Waals surface area (Å²) in [6, 6.07) is 0. The van der Waals surface area contributed by atoms with Crippen molar-refractivity contribution in [3.63, 3.8) is 0 Å². The molecular weight excluding hydrogens is 180 g/mol. The first-order valence-corrected chi connectivity index (χ1v) is 5.17. The van der Waals surface area contributed by atoms with Crippen molar-refractivity contribution < 1.29 is 15.0 Å². The van der Waals surface area contributed by atoms with Crippen molar-refractivity contribution in [3.8, 4) is 0 Å². The van der Waals surface area contributed by atoms with Crippen molar-refractivity contribution in [2.24, 2.45) is 5.41 Å². The highest BCUT2D eigenvalue weighted by Crippen LogP contribution is 2.37. The third-order valence-electron chi connectivity index (χ3n) is 2.78. The number of carboxylic acid groups (broad SMARTS) is 1. The second-order valence-corrected chi connectivity index (χ2v) is 4.96. The van der Waals surface area contributed by atoms with Crippen LogP contribution in [0.5, 0.6) is 0 Å². The second-order valence-electron chi connectivity index (χ2n) is 4.96. The maximum absolute atomic E-state index is 10.7. The van der Waals surface area contributed by atoms with Gasteiger partial charge in [0.25, 0.3) is 0 Å². The number of aliphatic carboxylic acids is 1. The van der Waals surface area contributed by atoms with Gasteiger partial charge in [-0.25, -0.2) is 0 Å². The van der Waals surface area contributed by atoms with Crippen LogP contribution in [0.1, 0.15) is 53.4 Å². The molecule has 0 bridgehead atoms. The molecule has 0 aliphatic rings. The molecule has 14 heavy (non-hydrogen) atoms. The molecule has 0 amide bonds. The number of hydrogen-bond donors (Lipinski definition) is 2. The van der Waals surface area contributed by atoms with Gasteiger partial charge < -0.3 is 10.2 Å². The normalized spacial score (nSPS) is 16.4. The van der Waals surface area contributed by atoms with Crippen LogP contribution in [-0.4, -0.2) is 21.8 Å². The molecule has 0 aliphatic carbocycles. The van der Waals surface area contributed by atoms with Crippen LogP contribution in [0.3, 0.4) is 0 Å². The third-order valence-corrected chi connectivity index (χ3v) is 2.78. The third kappa shape index (κ3) is 3.66. The molecule has 0 aliphatic heterocycles. The van der Waals surface area contributed by atoms with E-state index in [1.165, 1.54) is 0 Å². The Morgan fingerprint density at radius 3 is 2.07 bits per heavy atom. The molecule has 0 aromatic carbocycles. The van der Waals surface area contributed by atoms with Crippen LogP contribution in [0.4, 0.5) is 0 Å². The first-order chi connectivity index (χ1) is 6.23. The number of hydrogen-bond acceptors (Lipinski definition) is 2. The Bertz CT molecular complexity index is 193. The van der Waals surface area contributed by atoms with Crippen LogP contribution in [0.15, 0.2) is 0 Å². The molecule has 3 heteroatoms. The van der Waals surface area contributed by atoms with Crippen molar-refractivity contribution in [2.75, 3.05) is 0 Å². The zero-order valence-electron chi connectivity index (χ0n) is 9.63. The Kier molecular flexibility index (Phi) is 4.59. The van der Waals surface area contributed by atoms with Crippen LogP contribution >= 0.6 is 0 Å². The monoisotopic (exact) mass is 202 g/mol. The molecular formula is C11H22O3. The van der Waals surface area contributed by atoms with Gasteiger partial charge in [-0.15, -0.1) is 0 Å². The van der Waals surface area contributed by atoms with Gasteiger partial charge in [-0.3, -0.25) is 4.79 Å². The first-order valence-electron chi connectivity index (χ1n) is 5.17. The van der Waals surface area contributed by atoms with Gasteiger partial charge in [0.2, 0.25) is 0 Å². The van der Waals surface area contributed by atoms with E-state index in [1.54, 1.807) is 0 Å². The number of carboxylic acids is 1. The summed E-state index contributed by atoms with van der Waals surface area (Å²) in [7, 11) is 0. The second kappa shape index (κ2) is 4.78. The van der Waals surface area contributed by atoms with Crippen LogP contribution in [0, 0.1) is 5.41 Å². The summed E-state index contributed by atoms with van der Waals surface area (Å²) >= 11 is 0. The molecule has 2 N–H and O–H groups in total. The summed E-state index contributed by atoms with van der Waals surface area (Å²) in [5, 5.41) is 19.0. The zero-order valence-corrected chi connectivity index (χ0v) is 9.63. The molecule has 1 unspecified atom stereocenters. The lowest BCUT2D eigenvalue weighted by molar-refractivity contribution is -0.149. The molecule has 3 nitrogen and oxygen atoms in total. The fourth-order valence-corrected chi connectivity index (χ4v) is 1.45. The molecule has 0 spiro atoms. The van der Waals surface area contributed by atoms with Gasteiger partial charge in [0, 0.05) is 0 Å². The van der Waals surface area contributed by atoms with Crippen molar-refractivity contribution in [3.05, 3.63) is 0 Å². The zero-order chi connectivity index (χ0) is 11.4. The van der Waals surface area contributed by atoms with Crippen molar-refractivity contribution in [2.45, 2.75) is 59.0 Å². The highest BCUT2D eigenvalue weighted by atomic mass is 16.4. The summed E-state index contributed by atoms with van der Waals surface area (Å²) in [6.45, 7) is 7.67. The number of aliphatic hydroxyl groups is 1. The summed E-state index contributed by atoms with van der Waals surface area (Å²) in [5.41, 5.74) is -1.48. The lowest BCUT2D eigenvalue weighted by Gasteiger charge is -2.39. The average molecular weight is 202 g/mol. The van der Waals surface area contributed by atoms with E-state index in [9.17, 15) is 9.90 Å². The minimum Gasteiger partial charge on any atom is -0.481 e. The van der Waals surface area contributed by atoms with E-state index in [-0.39, 0.29) is 11.8 Å². The largest absolute Gasteiger partial charge is 0.481 e. The van der Waals surface area contributed by atoms with E-state index in [0.717, 1.165) is 12.8 Å². The minimum atomic E-state index is -1.09. The van der Waals surface area contributed by atoms with Crippen molar-refractivity contribution in [1.82, 2.24) is 0 Å². The SMILES string of the molecule is CCCCC(O)(CC(=O)O)C(C)(C)C. The van der Waals surface area contributed by atoms with Crippen LogP contribution in [-0.2, 0) is 4.79 Å². The van der Waals surface area contributed by atoms with Gasteiger partial charge >= 0.3 is 5.97 Å². The Balaban J connectivity index is 4.58. The quantitative estimate of drug-likeness (QED) is 0.720. The van der Waals surface area contributed by atoms with Gasteiger partial charge in [0.05, 0.1) is 12.0 Å². The number of carbonyl (C=O) groups is 1. The molecule has 0 saturated carbocycles. The summed E-state index contributed by atoms with van der Waals surface area (Å²) < 4.78 is 0. The average Bonchev–Trinajstić information content (AvgIpc) is 1.97. The summed E-state index contributed by atoms with van der Waals surface area (Å²) in [5.74, 6) is -0.932. The Morgan fingerprint density at radius 2 is 1.79 bits per heavy atom. The standard InChI is InChI=1S/C11H22O3/c1-5-6-7-11(14,8-9(12)13)10(2,3)4/h14H,5-8H2,1-4H3,(H,12,13). The fourth-order valence-electron chi connectivity index (χ4n) is 1.45. The lowest BCUT2D eigenvalue weighted by Crippen LogP contribution is -2.44. The van der Waals surface area contributed by atoms with E-state index in [0.29, 0.717) is 6.42 Å². The lowest BCUT2D eigenvalue weighted by atomic mass is 9.71. The van der Waals surface area contributed by atoms with Crippen molar-refractivity contribution >= 4 is 5.97 Å².